The van der Waals surface area contributed by atoms with Gasteiger partial charge in [0.05, 0.1) is 31.1 Å². The Hall–Kier alpha value is -4.98. The molecule has 1 aromatic carbocycles. The van der Waals surface area contributed by atoms with E-state index in [1.807, 2.05) is 12.3 Å². The molecule has 14 heteroatoms. The summed E-state index contributed by atoms with van der Waals surface area (Å²) in [5, 5.41) is 11.9. The fourth-order valence-corrected chi connectivity index (χ4v) is 6.24. The van der Waals surface area contributed by atoms with Crippen molar-refractivity contribution in [2.45, 2.75) is 31.0 Å². The van der Waals surface area contributed by atoms with Gasteiger partial charge >= 0.3 is 6.03 Å². The predicted molar refractivity (Wildman–Crippen MR) is 151 cm³/mol. The molecule has 3 aromatic heterocycles. The van der Waals surface area contributed by atoms with Gasteiger partial charge in [-0.1, -0.05) is 6.07 Å². The molecule has 13 nitrogen and oxygen atoms in total. The molecule has 0 radical (unpaired) electrons. The summed E-state index contributed by atoms with van der Waals surface area (Å²) in [6.45, 7) is 1.65. The van der Waals surface area contributed by atoms with Crippen LogP contribution in [0.4, 0.5) is 20.7 Å². The number of piperidine rings is 1. The molecule has 0 bridgehead atoms. The van der Waals surface area contributed by atoms with Crippen molar-refractivity contribution in [2.24, 2.45) is 0 Å². The maximum absolute atomic E-state index is 15.0. The molecule has 0 aliphatic carbocycles. The van der Waals surface area contributed by atoms with Crippen molar-refractivity contribution in [3.63, 3.8) is 0 Å². The second kappa shape index (κ2) is 10.1. The second-order valence-corrected chi connectivity index (χ2v) is 11.1. The summed E-state index contributed by atoms with van der Waals surface area (Å²) in [5.74, 6) is -1.35. The van der Waals surface area contributed by atoms with E-state index in [-0.39, 0.29) is 36.2 Å². The van der Waals surface area contributed by atoms with E-state index in [1.165, 1.54) is 18.1 Å². The summed E-state index contributed by atoms with van der Waals surface area (Å²) in [5.41, 5.74) is 0.313. The van der Waals surface area contributed by atoms with E-state index < -0.39 is 29.2 Å². The number of imide groups is 1. The molecular formula is C29H29FN8O5. The van der Waals surface area contributed by atoms with Crippen molar-refractivity contribution in [1.82, 2.24) is 35.6 Å². The highest BCUT2D eigenvalue weighted by molar-refractivity contribution is 6.08. The van der Waals surface area contributed by atoms with Crippen molar-refractivity contribution in [1.29, 1.82) is 0 Å². The summed E-state index contributed by atoms with van der Waals surface area (Å²) < 4.78 is 26.2. The van der Waals surface area contributed by atoms with Crippen LogP contribution in [0.25, 0.3) is 11.1 Å². The third kappa shape index (κ3) is 4.36. The van der Waals surface area contributed by atoms with Crippen LogP contribution in [0.15, 0.2) is 47.1 Å². The quantitative estimate of drug-likeness (QED) is 0.277. The lowest BCUT2D eigenvalue weighted by atomic mass is 9.95. The largest absolute Gasteiger partial charge is 0.494 e. The first-order valence-electron chi connectivity index (χ1n) is 13.9. The molecule has 4 aromatic rings. The number of aromatic nitrogens is 3. The van der Waals surface area contributed by atoms with Crippen molar-refractivity contribution in [3.8, 4) is 5.75 Å². The number of ether oxygens (including phenoxy) is 1. The smallest absolute Gasteiger partial charge is 0.322 e. The highest BCUT2D eigenvalue weighted by Crippen LogP contribution is 2.37. The highest BCUT2D eigenvalue weighted by atomic mass is 19.1. The number of halogens is 1. The SMILES string of the molecule is COc1ccc2c(c1F)C(=O)N(C[C@@]1(c3cc4nc(N(c5cn[nH]c5)C5CCN(C)CC5)ccc4o3)NC(=O)NC1=O)C2. The number of likely N-dealkylation sites (tertiary alicyclic amines) is 1. The number of rotatable bonds is 7. The molecule has 3 aliphatic heterocycles. The number of methoxy groups -OCH3 is 1. The number of hydrogen-bond donors (Lipinski definition) is 3. The number of nitrogens with one attached hydrogen (secondary N) is 3. The number of amides is 4. The molecule has 222 valence electrons. The molecule has 7 rings (SSSR count). The van der Waals surface area contributed by atoms with Crippen molar-refractivity contribution in [2.75, 3.05) is 38.7 Å². The molecule has 3 N–H and O–H groups in total. The number of nitrogens with zero attached hydrogens (tertiary/aromatic N) is 5. The Bertz CT molecular complexity index is 1750. The van der Waals surface area contributed by atoms with Gasteiger partial charge in [-0.15, -0.1) is 0 Å². The van der Waals surface area contributed by atoms with E-state index in [2.05, 4.69) is 37.7 Å². The molecule has 2 saturated heterocycles. The van der Waals surface area contributed by atoms with Gasteiger partial charge in [-0.2, -0.15) is 5.10 Å². The molecule has 3 aliphatic rings. The minimum absolute atomic E-state index is 0.0405. The van der Waals surface area contributed by atoms with Crippen LogP contribution in [0.3, 0.4) is 0 Å². The van der Waals surface area contributed by atoms with Crippen LogP contribution in [0.2, 0.25) is 0 Å². The monoisotopic (exact) mass is 588 g/mol. The van der Waals surface area contributed by atoms with E-state index >= 15 is 4.39 Å². The van der Waals surface area contributed by atoms with Crippen LogP contribution in [-0.4, -0.2) is 82.7 Å². The minimum atomic E-state index is -1.76. The van der Waals surface area contributed by atoms with E-state index in [9.17, 15) is 14.4 Å². The molecule has 0 spiro atoms. The average Bonchev–Trinajstić information content (AvgIpc) is 3.78. The van der Waals surface area contributed by atoms with Crippen molar-refractivity contribution < 1.29 is 27.9 Å². The fraction of sp³-hybridized carbons (Fsp3) is 0.345. The van der Waals surface area contributed by atoms with Gasteiger partial charge in [0.25, 0.3) is 11.8 Å². The molecule has 2 fully saturated rings. The van der Waals surface area contributed by atoms with Gasteiger partial charge in [0.2, 0.25) is 0 Å². The number of anilines is 2. The van der Waals surface area contributed by atoms with Gasteiger partial charge in [0.1, 0.15) is 17.1 Å². The lowest BCUT2D eigenvalue weighted by Gasteiger charge is -2.37. The van der Waals surface area contributed by atoms with Gasteiger partial charge < -0.3 is 29.2 Å². The summed E-state index contributed by atoms with van der Waals surface area (Å²) in [4.78, 5) is 49.8. The van der Waals surface area contributed by atoms with Gasteiger partial charge in [-0.25, -0.2) is 14.2 Å². The molecule has 4 amide bonds. The normalized spacial score (nSPS) is 20.9. The number of pyridine rings is 1. The van der Waals surface area contributed by atoms with E-state index in [1.54, 1.807) is 24.4 Å². The predicted octanol–water partition coefficient (Wildman–Crippen LogP) is 2.62. The number of carbonyl (C=O) groups is 3. The van der Waals surface area contributed by atoms with Crippen molar-refractivity contribution in [3.05, 3.63) is 65.4 Å². The van der Waals surface area contributed by atoms with E-state index in [0.29, 0.717) is 22.5 Å². The van der Waals surface area contributed by atoms with Crippen LogP contribution >= 0.6 is 0 Å². The maximum atomic E-state index is 15.0. The molecule has 6 heterocycles. The number of urea groups is 1. The summed E-state index contributed by atoms with van der Waals surface area (Å²) in [7, 11) is 3.42. The number of carbonyl (C=O) groups excluding carboxylic acids is 3. The maximum Gasteiger partial charge on any atom is 0.322 e. The van der Waals surface area contributed by atoms with Gasteiger partial charge in [0.15, 0.2) is 22.7 Å². The van der Waals surface area contributed by atoms with Crippen LogP contribution in [0.5, 0.6) is 5.75 Å². The van der Waals surface area contributed by atoms with Crippen molar-refractivity contribution >= 4 is 40.5 Å². The Morgan fingerprint density at radius 3 is 2.70 bits per heavy atom. The Labute approximate surface area is 245 Å². The lowest BCUT2D eigenvalue weighted by molar-refractivity contribution is -0.125. The molecule has 0 unspecified atom stereocenters. The number of H-pyrrole nitrogens is 1. The molecular weight excluding hydrogens is 559 g/mol. The summed E-state index contributed by atoms with van der Waals surface area (Å²) in [6.07, 6.45) is 5.45. The Morgan fingerprint density at radius 1 is 1.19 bits per heavy atom. The van der Waals surface area contributed by atoms with Gasteiger partial charge in [0, 0.05) is 24.8 Å². The van der Waals surface area contributed by atoms with Crippen LogP contribution in [-0.2, 0) is 16.9 Å². The topological polar surface area (TPSA) is 149 Å². The Morgan fingerprint density at radius 2 is 2.00 bits per heavy atom. The van der Waals surface area contributed by atoms with Crippen LogP contribution in [0, 0.1) is 5.82 Å². The number of furan rings is 1. The van der Waals surface area contributed by atoms with Crippen LogP contribution in [0.1, 0.15) is 34.5 Å². The number of hydrogen-bond acceptors (Lipinski definition) is 9. The highest BCUT2D eigenvalue weighted by Gasteiger charge is 2.53. The lowest BCUT2D eigenvalue weighted by Crippen LogP contribution is -2.52. The van der Waals surface area contributed by atoms with E-state index in [4.69, 9.17) is 14.1 Å². The number of aromatic amines is 1. The Kier molecular flexibility index (Phi) is 6.31. The summed E-state index contributed by atoms with van der Waals surface area (Å²) in [6, 6.07) is 7.73. The molecule has 43 heavy (non-hydrogen) atoms. The number of fused-ring (bicyclic) bond motifs is 2. The van der Waals surface area contributed by atoms with Gasteiger partial charge in [-0.05, 0) is 56.7 Å². The third-order valence-corrected chi connectivity index (χ3v) is 8.49. The van der Waals surface area contributed by atoms with Crippen LogP contribution < -0.4 is 20.3 Å². The van der Waals surface area contributed by atoms with Gasteiger partial charge in [-0.3, -0.25) is 20.0 Å². The zero-order chi connectivity index (χ0) is 29.9. The standard InChI is InChI=1S/C29H29FN8O5/c1-36-9-7-17(8-10-36)38(18-12-31-32-13-18)23-6-5-20-19(33-23)11-22(43-20)29(27(40)34-28(41)35-29)15-37-14-16-3-4-21(42-2)25(30)24(16)26(37)39/h3-6,11-13,17H,7-10,14-15H2,1-2H3,(H,31,32)(H2,34,35,40,41)/t29-/m0/s1. The summed E-state index contributed by atoms with van der Waals surface area (Å²) >= 11 is 0. The molecule has 0 saturated carbocycles. The second-order valence-electron chi connectivity index (χ2n) is 11.1. The third-order valence-electron chi connectivity index (χ3n) is 8.49. The molecule has 1 atom stereocenters. The zero-order valence-electron chi connectivity index (χ0n) is 23.5. The average molecular weight is 589 g/mol. The zero-order valence-corrected chi connectivity index (χ0v) is 23.5. The first-order chi connectivity index (χ1) is 20.8. The minimum Gasteiger partial charge on any atom is -0.494 e. The Balaban J connectivity index is 1.24. The first-order valence-corrected chi connectivity index (χ1v) is 13.9. The van der Waals surface area contributed by atoms with E-state index in [0.717, 1.165) is 31.6 Å². The fourth-order valence-electron chi connectivity index (χ4n) is 6.24. The number of benzene rings is 1. The first kappa shape index (κ1) is 26.9.